The molecule has 0 aromatic heterocycles. The molecule has 0 atom stereocenters. The van der Waals surface area contributed by atoms with Crippen molar-refractivity contribution in [3.05, 3.63) is 29.6 Å². The topological polar surface area (TPSA) is 84.2 Å². The Morgan fingerprint density at radius 3 is 2.60 bits per heavy atom. The second kappa shape index (κ2) is 4.52. The number of carbonyl (C=O) groups excluding carboxylic acids is 2. The molecular formula is C9H10FN3O2. The number of nitrogens with one attached hydrogen (secondary N) is 2. The molecule has 1 aromatic carbocycles. The Morgan fingerprint density at radius 1 is 1.40 bits per heavy atom. The normalized spacial score (nSPS) is 9.53. The van der Waals surface area contributed by atoms with E-state index in [1.54, 1.807) is 5.43 Å². The Morgan fingerprint density at radius 2 is 2.07 bits per heavy atom. The number of hydrogen-bond acceptors (Lipinski definition) is 3. The molecule has 5 nitrogen and oxygen atoms in total. The maximum Gasteiger partial charge on any atom is 0.270 e. The van der Waals surface area contributed by atoms with Crippen LogP contribution in [-0.2, 0) is 4.79 Å². The monoisotopic (exact) mass is 211 g/mol. The predicted molar refractivity (Wildman–Crippen MR) is 52.4 cm³/mol. The van der Waals surface area contributed by atoms with Gasteiger partial charge < -0.3 is 5.32 Å². The highest BCUT2D eigenvalue weighted by Crippen LogP contribution is 2.18. The minimum atomic E-state index is -0.795. The second-order valence-corrected chi connectivity index (χ2v) is 2.82. The van der Waals surface area contributed by atoms with Crippen LogP contribution < -0.4 is 16.6 Å². The Labute approximate surface area is 85.4 Å². The first-order valence-electron chi connectivity index (χ1n) is 4.13. The number of anilines is 1. The van der Waals surface area contributed by atoms with Gasteiger partial charge >= 0.3 is 0 Å². The summed E-state index contributed by atoms with van der Waals surface area (Å²) in [7, 11) is 0. The lowest BCUT2D eigenvalue weighted by Crippen LogP contribution is -2.31. The van der Waals surface area contributed by atoms with Crippen molar-refractivity contribution in [3.63, 3.8) is 0 Å². The quantitative estimate of drug-likeness (QED) is 0.376. The number of halogens is 1. The van der Waals surface area contributed by atoms with Gasteiger partial charge in [-0.1, -0.05) is 6.07 Å². The van der Waals surface area contributed by atoms with Crippen molar-refractivity contribution in [2.24, 2.45) is 5.84 Å². The van der Waals surface area contributed by atoms with Crippen molar-refractivity contribution in [2.45, 2.75) is 6.92 Å². The second-order valence-electron chi connectivity index (χ2n) is 2.82. The number of nitrogen functional groups attached to an aromatic ring is 1. The van der Waals surface area contributed by atoms with E-state index in [0.29, 0.717) is 0 Å². The fourth-order valence-corrected chi connectivity index (χ4v) is 1.12. The zero-order valence-electron chi connectivity index (χ0n) is 8.00. The first-order chi connectivity index (χ1) is 7.06. The van der Waals surface area contributed by atoms with E-state index in [2.05, 4.69) is 5.32 Å². The molecule has 80 valence electrons. The summed E-state index contributed by atoms with van der Waals surface area (Å²) < 4.78 is 13.3. The fourth-order valence-electron chi connectivity index (χ4n) is 1.12. The van der Waals surface area contributed by atoms with Crippen LogP contribution in [0, 0.1) is 5.82 Å². The van der Waals surface area contributed by atoms with Gasteiger partial charge in [0.1, 0.15) is 5.82 Å². The van der Waals surface area contributed by atoms with Crippen molar-refractivity contribution < 1.29 is 14.0 Å². The molecular weight excluding hydrogens is 201 g/mol. The molecule has 0 aliphatic heterocycles. The molecule has 6 heteroatoms. The maximum atomic E-state index is 13.3. The summed E-state index contributed by atoms with van der Waals surface area (Å²) in [6.45, 7) is 1.26. The van der Waals surface area contributed by atoms with E-state index in [9.17, 15) is 14.0 Å². The lowest BCUT2D eigenvalue weighted by molar-refractivity contribution is -0.114. The number of carbonyl (C=O) groups is 2. The Hall–Kier alpha value is -1.95. The van der Waals surface area contributed by atoms with Crippen LogP contribution in [0.5, 0.6) is 0 Å². The van der Waals surface area contributed by atoms with Crippen LogP contribution in [0.1, 0.15) is 17.3 Å². The number of hydrazine groups is 1. The van der Waals surface area contributed by atoms with Gasteiger partial charge in [0.05, 0.1) is 11.3 Å². The predicted octanol–water partition coefficient (Wildman–Crippen LogP) is 0.388. The molecule has 0 radical (unpaired) electrons. The molecule has 1 rings (SSSR count). The number of rotatable bonds is 2. The van der Waals surface area contributed by atoms with E-state index in [4.69, 9.17) is 5.84 Å². The molecule has 15 heavy (non-hydrogen) atoms. The summed E-state index contributed by atoms with van der Waals surface area (Å²) >= 11 is 0. The van der Waals surface area contributed by atoms with Crippen LogP contribution in [0.25, 0.3) is 0 Å². The Bertz CT molecular complexity index is 406. The summed E-state index contributed by atoms with van der Waals surface area (Å²) in [6, 6.07) is 3.90. The van der Waals surface area contributed by atoms with Gasteiger partial charge in [-0.2, -0.15) is 0 Å². The first kappa shape index (κ1) is 11.1. The van der Waals surface area contributed by atoms with E-state index in [1.807, 2.05) is 0 Å². The summed E-state index contributed by atoms with van der Waals surface area (Å²) in [6.07, 6.45) is 0. The first-order valence-corrected chi connectivity index (χ1v) is 4.13. The summed E-state index contributed by atoms with van der Waals surface area (Å²) in [5.41, 5.74) is 1.61. The van der Waals surface area contributed by atoms with Crippen molar-refractivity contribution in [3.8, 4) is 0 Å². The zero-order chi connectivity index (χ0) is 11.4. The van der Waals surface area contributed by atoms with Crippen molar-refractivity contribution in [1.82, 2.24) is 5.43 Å². The van der Waals surface area contributed by atoms with Gasteiger partial charge in [0.15, 0.2) is 0 Å². The molecule has 0 saturated carbocycles. The maximum absolute atomic E-state index is 13.3. The minimum absolute atomic E-state index is 0.0884. The average molecular weight is 211 g/mol. The summed E-state index contributed by atoms with van der Waals surface area (Å²) in [5, 5.41) is 2.33. The average Bonchev–Trinajstić information content (AvgIpc) is 2.16. The van der Waals surface area contributed by atoms with Crippen molar-refractivity contribution >= 4 is 17.5 Å². The van der Waals surface area contributed by atoms with Crippen LogP contribution in [0.4, 0.5) is 10.1 Å². The SMILES string of the molecule is CC(=O)Nc1cccc(F)c1C(=O)NN. The van der Waals surface area contributed by atoms with Gasteiger partial charge in [0.2, 0.25) is 5.91 Å². The molecule has 0 aliphatic rings. The Balaban J connectivity index is 3.20. The molecule has 0 heterocycles. The number of nitrogens with two attached hydrogens (primary N) is 1. The number of amides is 2. The molecule has 0 fully saturated rings. The van der Waals surface area contributed by atoms with E-state index < -0.39 is 17.6 Å². The van der Waals surface area contributed by atoms with Crippen LogP contribution in [0.15, 0.2) is 18.2 Å². The standard InChI is InChI=1S/C9H10FN3O2/c1-5(14)12-7-4-2-3-6(10)8(7)9(15)13-11/h2-4H,11H2,1H3,(H,12,14)(H,13,15). The smallest absolute Gasteiger partial charge is 0.270 e. The molecule has 4 N–H and O–H groups in total. The fraction of sp³-hybridized carbons (Fsp3) is 0.111. The lowest BCUT2D eigenvalue weighted by atomic mass is 10.1. The summed E-state index contributed by atoms with van der Waals surface area (Å²) in [5.74, 6) is 2.96. The van der Waals surface area contributed by atoms with E-state index in [1.165, 1.54) is 19.1 Å². The van der Waals surface area contributed by atoms with Crippen molar-refractivity contribution in [2.75, 3.05) is 5.32 Å². The van der Waals surface area contributed by atoms with Gasteiger partial charge in [-0.25, -0.2) is 10.2 Å². The van der Waals surface area contributed by atoms with Gasteiger partial charge in [-0.3, -0.25) is 15.0 Å². The van der Waals surface area contributed by atoms with Crippen LogP contribution >= 0.6 is 0 Å². The third-order valence-electron chi connectivity index (χ3n) is 1.68. The third-order valence-corrected chi connectivity index (χ3v) is 1.68. The molecule has 2 amide bonds. The number of benzene rings is 1. The van der Waals surface area contributed by atoms with E-state index in [0.717, 1.165) is 6.07 Å². The van der Waals surface area contributed by atoms with Crippen LogP contribution in [0.2, 0.25) is 0 Å². The molecule has 0 unspecified atom stereocenters. The van der Waals surface area contributed by atoms with Gasteiger partial charge in [-0.05, 0) is 12.1 Å². The van der Waals surface area contributed by atoms with E-state index in [-0.39, 0.29) is 11.3 Å². The minimum Gasteiger partial charge on any atom is -0.325 e. The third kappa shape index (κ3) is 2.50. The van der Waals surface area contributed by atoms with Gasteiger partial charge in [0, 0.05) is 6.92 Å². The highest BCUT2D eigenvalue weighted by Gasteiger charge is 2.16. The Kier molecular flexibility index (Phi) is 3.35. The van der Waals surface area contributed by atoms with Crippen LogP contribution in [-0.4, -0.2) is 11.8 Å². The summed E-state index contributed by atoms with van der Waals surface area (Å²) in [4.78, 5) is 22.0. The van der Waals surface area contributed by atoms with Crippen molar-refractivity contribution in [1.29, 1.82) is 0 Å². The van der Waals surface area contributed by atoms with E-state index >= 15 is 0 Å². The molecule has 0 bridgehead atoms. The highest BCUT2D eigenvalue weighted by atomic mass is 19.1. The molecule has 1 aromatic rings. The van der Waals surface area contributed by atoms with Gasteiger partial charge in [0.25, 0.3) is 5.91 Å². The van der Waals surface area contributed by atoms with Crippen LogP contribution in [0.3, 0.4) is 0 Å². The largest absolute Gasteiger partial charge is 0.325 e. The lowest BCUT2D eigenvalue weighted by Gasteiger charge is -2.08. The van der Waals surface area contributed by atoms with Gasteiger partial charge in [-0.15, -0.1) is 0 Å². The highest BCUT2D eigenvalue weighted by molar-refractivity contribution is 6.03. The zero-order valence-corrected chi connectivity index (χ0v) is 8.00. The molecule has 0 saturated heterocycles. The number of hydrogen-bond donors (Lipinski definition) is 3. The molecule has 0 spiro atoms. The molecule has 0 aliphatic carbocycles.